The second-order valence-corrected chi connectivity index (χ2v) is 14.3. The molecule has 0 amide bonds. The van der Waals surface area contributed by atoms with Gasteiger partial charge in [0.2, 0.25) is 5.95 Å². The Kier molecular flexibility index (Phi) is 9.96. The lowest BCUT2D eigenvalue weighted by Crippen LogP contribution is -2.44. The Morgan fingerprint density at radius 1 is 1.12 bits per heavy atom. The number of aliphatic hydroxyl groups excluding tert-OH is 1. The molecular formula is C33H37N6O8PS. The molecule has 16 heteroatoms. The molecule has 0 aliphatic carbocycles. The molecule has 0 bridgehead atoms. The first-order chi connectivity index (χ1) is 23.4. The van der Waals surface area contributed by atoms with E-state index < -0.39 is 56.5 Å². The Balaban J connectivity index is 1.25. The van der Waals surface area contributed by atoms with Crippen LogP contribution >= 0.6 is 19.5 Å². The fourth-order valence-corrected chi connectivity index (χ4v) is 7.67. The van der Waals surface area contributed by atoms with Crippen molar-refractivity contribution >= 4 is 53.4 Å². The van der Waals surface area contributed by atoms with Crippen molar-refractivity contribution in [3.8, 4) is 5.75 Å². The fraction of sp³-hybridized carbons (Fsp3) is 0.333. The van der Waals surface area contributed by atoms with E-state index in [9.17, 15) is 19.6 Å². The zero-order valence-corrected chi connectivity index (χ0v) is 28.9. The number of aliphatic hydroxyl groups is 2. The van der Waals surface area contributed by atoms with E-state index in [-0.39, 0.29) is 11.7 Å². The summed E-state index contributed by atoms with van der Waals surface area (Å²) in [6.07, 6.45) is -1.27. The molecule has 1 aliphatic heterocycles. The first-order valence-electron chi connectivity index (χ1n) is 15.5. The summed E-state index contributed by atoms with van der Waals surface area (Å²) in [6, 6.07) is 20.6. The molecule has 0 spiro atoms. The van der Waals surface area contributed by atoms with Crippen LogP contribution in [0.1, 0.15) is 38.7 Å². The average molecular weight is 709 g/mol. The molecule has 7 atom stereocenters. The fourth-order valence-electron chi connectivity index (χ4n) is 5.62. The van der Waals surface area contributed by atoms with Gasteiger partial charge in [0.1, 0.15) is 46.2 Å². The van der Waals surface area contributed by atoms with E-state index in [1.807, 2.05) is 60.9 Å². The van der Waals surface area contributed by atoms with Crippen LogP contribution in [0.4, 0.5) is 5.95 Å². The maximum Gasteiger partial charge on any atom is 0.459 e. The highest BCUT2D eigenvalue weighted by atomic mass is 32.2. The molecule has 0 radical (unpaired) electrons. The number of thioether (sulfide) groups is 1. The lowest BCUT2D eigenvalue weighted by atomic mass is 9.96. The van der Waals surface area contributed by atoms with Gasteiger partial charge in [0.15, 0.2) is 11.9 Å². The van der Waals surface area contributed by atoms with Crippen LogP contribution in [-0.2, 0) is 23.4 Å². The Labute approximate surface area is 286 Å². The molecule has 2 aromatic heterocycles. The van der Waals surface area contributed by atoms with Crippen molar-refractivity contribution in [1.29, 1.82) is 0 Å². The largest absolute Gasteiger partial charge is 0.459 e. The normalized spacial score (nSPS) is 23.3. The summed E-state index contributed by atoms with van der Waals surface area (Å²) in [5, 5.41) is 27.4. The molecule has 5 N–H and O–H groups in total. The van der Waals surface area contributed by atoms with Gasteiger partial charge in [-0.3, -0.25) is 13.9 Å². The number of ether oxygens (including phenoxy) is 2. The number of carbonyl (C=O) groups is 1. The van der Waals surface area contributed by atoms with Gasteiger partial charge < -0.3 is 29.9 Å². The van der Waals surface area contributed by atoms with Crippen LogP contribution < -0.4 is 15.3 Å². The topological polar surface area (TPSA) is 193 Å². The van der Waals surface area contributed by atoms with Crippen LogP contribution in [0.5, 0.6) is 5.75 Å². The summed E-state index contributed by atoms with van der Waals surface area (Å²) in [6.45, 7) is 4.09. The van der Waals surface area contributed by atoms with Gasteiger partial charge in [-0.2, -0.15) is 10.1 Å². The smallest absolute Gasteiger partial charge is 0.457 e. The minimum Gasteiger partial charge on any atom is -0.457 e. The third-order valence-electron chi connectivity index (χ3n) is 8.25. The van der Waals surface area contributed by atoms with Gasteiger partial charge in [-0.1, -0.05) is 66.7 Å². The highest BCUT2D eigenvalue weighted by Crippen LogP contribution is 2.48. The predicted molar refractivity (Wildman–Crippen MR) is 184 cm³/mol. The van der Waals surface area contributed by atoms with Crippen LogP contribution in [0, 0.1) is 0 Å². The SMILES string of the molecule is CSc1nc(N)nc2c1ncn2C1O[C@H](COP(=O)(NC(C)C(=O)O[C@@H](C)c2ccccc2)Oc2cccc3ccccc23)[C@@H](O)[C@@]1(C)O. The lowest BCUT2D eigenvalue weighted by molar-refractivity contribution is -0.150. The number of carbonyl (C=O) groups excluding carboxylic acids is 1. The minimum atomic E-state index is -4.41. The standard InChI is InChI=1S/C33H37N6O8PS/c1-19(30(41)45-20(2)21-11-6-5-7-12-21)38-48(43,47-24-16-10-14-22-13-8-9-15-23(22)24)44-17-25-27(40)33(3,42)31(46-25)39-18-35-26-28(39)36-32(34)37-29(26)49-4/h5-16,18-20,25,27,31,40,42H,17H2,1-4H3,(H,38,43)(H2,34,36,37)/t19?,20-,25+,27+,31?,33+,48?/m0/s1. The van der Waals surface area contributed by atoms with Crippen LogP contribution in [0.2, 0.25) is 0 Å². The van der Waals surface area contributed by atoms with Gasteiger partial charge >= 0.3 is 13.7 Å². The number of hydrogen-bond acceptors (Lipinski definition) is 13. The molecule has 6 rings (SSSR count). The summed E-state index contributed by atoms with van der Waals surface area (Å²) < 4.78 is 39.6. The number of nitrogens with zero attached hydrogens (tertiary/aromatic N) is 4. The Hall–Kier alpha value is -4.08. The summed E-state index contributed by atoms with van der Waals surface area (Å²) in [5.74, 6) is -0.462. The van der Waals surface area contributed by atoms with Gasteiger partial charge in [0.25, 0.3) is 0 Å². The first-order valence-corrected chi connectivity index (χ1v) is 18.2. The van der Waals surface area contributed by atoms with Crippen LogP contribution in [0.15, 0.2) is 84.1 Å². The van der Waals surface area contributed by atoms with Crippen LogP contribution in [0.25, 0.3) is 21.9 Å². The van der Waals surface area contributed by atoms with E-state index in [0.29, 0.717) is 21.6 Å². The molecule has 49 heavy (non-hydrogen) atoms. The molecule has 1 fully saturated rings. The van der Waals surface area contributed by atoms with E-state index >= 15 is 0 Å². The van der Waals surface area contributed by atoms with Crippen molar-refractivity contribution in [3.05, 3.63) is 84.7 Å². The van der Waals surface area contributed by atoms with E-state index in [1.54, 1.807) is 25.1 Å². The lowest BCUT2D eigenvalue weighted by Gasteiger charge is -2.27. The molecule has 258 valence electrons. The van der Waals surface area contributed by atoms with Crippen molar-refractivity contribution in [3.63, 3.8) is 0 Å². The number of nitrogens with two attached hydrogens (primary N) is 1. The molecule has 3 unspecified atom stereocenters. The van der Waals surface area contributed by atoms with E-state index in [0.717, 1.165) is 10.9 Å². The van der Waals surface area contributed by atoms with Crippen LogP contribution in [0.3, 0.4) is 0 Å². The third-order valence-corrected chi connectivity index (χ3v) is 10.6. The number of hydrogen-bond donors (Lipinski definition) is 4. The summed E-state index contributed by atoms with van der Waals surface area (Å²) in [4.78, 5) is 26.0. The summed E-state index contributed by atoms with van der Waals surface area (Å²) in [5.41, 5.74) is 5.57. The van der Waals surface area contributed by atoms with Crippen molar-refractivity contribution in [2.75, 3.05) is 18.6 Å². The highest BCUT2D eigenvalue weighted by molar-refractivity contribution is 7.98. The van der Waals surface area contributed by atoms with Gasteiger partial charge in [-0.05, 0) is 44.0 Å². The zero-order chi connectivity index (χ0) is 34.9. The molecule has 3 aromatic carbocycles. The number of nitrogen functional groups attached to an aromatic ring is 1. The number of anilines is 1. The molecule has 0 saturated carbocycles. The predicted octanol–water partition coefficient (Wildman–Crippen LogP) is 4.78. The Bertz CT molecular complexity index is 2010. The number of imidazole rings is 1. The molecule has 1 aliphatic rings. The minimum absolute atomic E-state index is 0.0000721. The van der Waals surface area contributed by atoms with Crippen LogP contribution in [-0.4, -0.2) is 72.4 Å². The maximum atomic E-state index is 14.5. The number of aromatic nitrogens is 4. The van der Waals surface area contributed by atoms with E-state index in [2.05, 4.69) is 20.0 Å². The second-order valence-electron chi connectivity index (χ2n) is 11.8. The summed E-state index contributed by atoms with van der Waals surface area (Å²) >= 11 is 1.33. The van der Waals surface area contributed by atoms with Gasteiger partial charge in [-0.25, -0.2) is 14.5 Å². The quantitative estimate of drug-likeness (QED) is 0.0599. The average Bonchev–Trinajstić information content (AvgIpc) is 3.60. The molecule has 3 heterocycles. The zero-order valence-electron chi connectivity index (χ0n) is 27.2. The molecule has 1 saturated heterocycles. The number of rotatable bonds is 12. The first kappa shape index (κ1) is 34.8. The maximum absolute atomic E-state index is 14.5. The van der Waals surface area contributed by atoms with Crippen molar-refractivity contribution in [2.45, 2.75) is 62.0 Å². The number of fused-ring (bicyclic) bond motifs is 2. The second kappa shape index (κ2) is 14.0. The highest BCUT2D eigenvalue weighted by Gasteiger charge is 2.54. The monoisotopic (exact) mass is 708 g/mol. The van der Waals surface area contributed by atoms with E-state index in [4.69, 9.17) is 24.3 Å². The van der Waals surface area contributed by atoms with Gasteiger partial charge in [0.05, 0.1) is 12.9 Å². The Morgan fingerprint density at radius 3 is 2.59 bits per heavy atom. The number of esters is 1. The van der Waals surface area contributed by atoms with Crippen molar-refractivity contribution in [1.82, 2.24) is 24.6 Å². The molecule has 14 nitrogen and oxygen atoms in total. The Morgan fingerprint density at radius 2 is 1.84 bits per heavy atom. The number of nitrogens with one attached hydrogen (secondary N) is 1. The molecule has 5 aromatic rings. The molecular weight excluding hydrogens is 671 g/mol. The third kappa shape index (κ3) is 7.15. The van der Waals surface area contributed by atoms with Gasteiger partial charge in [0, 0.05) is 5.39 Å². The van der Waals surface area contributed by atoms with Gasteiger partial charge in [-0.15, -0.1) is 11.8 Å². The summed E-state index contributed by atoms with van der Waals surface area (Å²) in [7, 11) is -4.41. The number of benzene rings is 3. The van der Waals surface area contributed by atoms with Crippen molar-refractivity contribution < 1.29 is 38.1 Å². The van der Waals surface area contributed by atoms with E-state index in [1.165, 1.54) is 36.5 Å². The van der Waals surface area contributed by atoms with Crippen molar-refractivity contribution in [2.24, 2.45) is 0 Å².